The summed E-state index contributed by atoms with van der Waals surface area (Å²) in [6.07, 6.45) is 2.65. The van der Waals surface area contributed by atoms with Crippen LogP contribution in [0.2, 0.25) is 0 Å². The minimum Gasteiger partial charge on any atom is -0.481 e. The summed E-state index contributed by atoms with van der Waals surface area (Å²) in [5.74, 6) is -1.73. The van der Waals surface area contributed by atoms with E-state index in [9.17, 15) is 14.0 Å². The average molecular weight is 307 g/mol. The largest absolute Gasteiger partial charge is 0.481 e. The smallest absolute Gasteiger partial charge is 0.308 e. The Morgan fingerprint density at radius 3 is 2.91 bits per heavy atom. The molecular weight excluding hydrogens is 285 g/mol. The standard InChI is InChI=1S/C17H22FNO3/c1-12(7-8-13-4-2-6-15(18)10-13)16(20)19-9-3-5-14(11-19)17(21)22/h2,4,6,10,12,14H,3,5,7-9,11H2,1H3,(H,21,22)/t12-,14-/m1/s1. The number of hydrogen-bond donors (Lipinski definition) is 1. The molecular formula is C17H22FNO3. The first-order valence-corrected chi connectivity index (χ1v) is 7.73. The Labute approximate surface area is 129 Å². The lowest BCUT2D eigenvalue weighted by Gasteiger charge is -2.32. The highest BCUT2D eigenvalue weighted by Crippen LogP contribution is 2.20. The van der Waals surface area contributed by atoms with Gasteiger partial charge in [-0.05, 0) is 43.4 Å². The first-order chi connectivity index (χ1) is 10.5. The van der Waals surface area contributed by atoms with Gasteiger partial charge in [-0.2, -0.15) is 0 Å². The molecule has 0 spiro atoms. The van der Waals surface area contributed by atoms with Crippen molar-refractivity contribution in [3.8, 4) is 0 Å². The highest BCUT2D eigenvalue weighted by molar-refractivity contribution is 5.79. The number of carbonyl (C=O) groups excluding carboxylic acids is 1. The first kappa shape index (κ1) is 16.5. The third-order valence-electron chi connectivity index (χ3n) is 4.26. The summed E-state index contributed by atoms with van der Waals surface area (Å²) in [6, 6.07) is 6.40. The van der Waals surface area contributed by atoms with Gasteiger partial charge in [0, 0.05) is 19.0 Å². The van der Waals surface area contributed by atoms with Gasteiger partial charge in [0.15, 0.2) is 0 Å². The molecule has 1 aliphatic heterocycles. The van der Waals surface area contributed by atoms with Crippen molar-refractivity contribution in [2.75, 3.05) is 13.1 Å². The van der Waals surface area contributed by atoms with Crippen molar-refractivity contribution in [2.45, 2.75) is 32.6 Å². The van der Waals surface area contributed by atoms with Gasteiger partial charge in [0.2, 0.25) is 5.91 Å². The van der Waals surface area contributed by atoms with Gasteiger partial charge in [-0.15, -0.1) is 0 Å². The summed E-state index contributed by atoms with van der Waals surface area (Å²) in [4.78, 5) is 25.1. The number of hydrogen-bond acceptors (Lipinski definition) is 2. The zero-order chi connectivity index (χ0) is 16.1. The number of halogens is 1. The Morgan fingerprint density at radius 1 is 1.45 bits per heavy atom. The molecule has 4 nitrogen and oxygen atoms in total. The fourth-order valence-corrected chi connectivity index (χ4v) is 2.89. The molecule has 120 valence electrons. The highest BCUT2D eigenvalue weighted by atomic mass is 19.1. The van der Waals surface area contributed by atoms with Crippen LogP contribution in [0.3, 0.4) is 0 Å². The van der Waals surface area contributed by atoms with Crippen LogP contribution in [0.5, 0.6) is 0 Å². The van der Waals surface area contributed by atoms with Crippen molar-refractivity contribution in [3.63, 3.8) is 0 Å². The normalized spacial score (nSPS) is 19.7. The van der Waals surface area contributed by atoms with Crippen LogP contribution in [0.25, 0.3) is 0 Å². The molecule has 0 radical (unpaired) electrons. The van der Waals surface area contributed by atoms with Gasteiger partial charge in [0.05, 0.1) is 5.92 Å². The van der Waals surface area contributed by atoms with Gasteiger partial charge in [0.25, 0.3) is 0 Å². The summed E-state index contributed by atoms with van der Waals surface area (Å²) < 4.78 is 13.1. The number of amides is 1. The van der Waals surface area contributed by atoms with E-state index in [1.54, 1.807) is 11.0 Å². The lowest BCUT2D eigenvalue weighted by Crippen LogP contribution is -2.44. The molecule has 0 aliphatic carbocycles. The Morgan fingerprint density at radius 2 is 2.23 bits per heavy atom. The second-order valence-corrected chi connectivity index (χ2v) is 6.03. The second-order valence-electron chi connectivity index (χ2n) is 6.03. The van der Waals surface area contributed by atoms with Crippen molar-refractivity contribution in [3.05, 3.63) is 35.6 Å². The van der Waals surface area contributed by atoms with Crippen LogP contribution in [0.1, 0.15) is 31.7 Å². The molecule has 1 aliphatic rings. The molecule has 1 N–H and O–H groups in total. The summed E-state index contributed by atoms with van der Waals surface area (Å²) >= 11 is 0. The number of piperidine rings is 1. The predicted molar refractivity (Wildman–Crippen MR) is 80.8 cm³/mol. The minimum absolute atomic E-state index is 0.00218. The zero-order valence-electron chi connectivity index (χ0n) is 12.8. The van der Waals surface area contributed by atoms with Crippen molar-refractivity contribution >= 4 is 11.9 Å². The molecule has 1 saturated heterocycles. The molecule has 0 unspecified atom stereocenters. The minimum atomic E-state index is -0.829. The number of carboxylic acids is 1. The van der Waals surface area contributed by atoms with E-state index in [0.717, 1.165) is 12.0 Å². The third kappa shape index (κ3) is 4.29. The fraction of sp³-hybridized carbons (Fsp3) is 0.529. The van der Waals surface area contributed by atoms with Crippen LogP contribution in [-0.2, 0) is 16.0 Å². The van der Waals surface area contributed by atoms with Crippen LogP contribution in [0, 0.1) is 17.7 Å². The quantitative estimate of drug-likeness (QED) is 0.910. The van der Waals surface area contributed by atoms with E-state index in [2.05, 4.69) is 0 Å². The van der Waals surface area contributed by atoms with Gasteiger partial charge >= 0.3 is 5.97 Å². The topological polar surface area (TPSA) is 57.6 Å². The summed E-state index contributed by atoms with van der Waals surface area (Å²) in [7, 11) is 0. The van der Waals surface area contributed by atoms with Crippen molar-refractivity contribution in [2.24, 2.45) is 11.8 Å². The number of rotatable bonds is 5. The van der Waals surface area contributed by atoms with E-state index in [1.807, 2.05) is 13.0 Å². The molecule has 1 aromatic rings. The molecule has 2 rings (SSSR count). The SMILES string of the molecule is C[C@H](CCc1cccc(F)c1)C(=O)N1CCC[C@@H](C(=O)O)C1. The number of carbonyl (C=O) groups is 2. The van der Waals surface area contributed by atoms with E-state index in [0.29, 0.717) is 32.4 Å². The van der Waals surface area contributed by atoms with Gasteiger partial charge in [0.1, 0.15) is 5.82 Å². The number of benzene rings is 1. The maximum atomic E-state index is 13.1. The van der Waals surface area contributed by atoms with Crippen LogP contribution in [0.4, 0.5) is 4.39 Å². The van der Waals surface area contributed by atoms with E-state index in [4.69, 9.17) is 5.11 Å². The van der Waals surface area contributed by atoms with E-state index < -0.39 is 11.9 Å². The predicted octanol–water partition coefficient (Wildman–Crippen LogP) is 2.72. The van der Waals surface area contributed by atoms with Crippen molar-refractivity contribution < 1.29 is 19.1 Å². The Hall–Kier alpha value is -1.91. The van der Waals surface area contributed by atoms with Gasteiger partial charge in [-0.1, -0.05) is 19.1 Å². The summed E-state index contributed by atoms with van der Waals surface area (Å²) in [5.41, 5.74) is 0.877. The number of carboxylic acid groups (broad SMARTS) is 1. The molecule has 1 fully saturated rings. The molecule has 0 saturated carbocycles. The van der Waals surface area contributed by atoms with Gasteiger partial charge in [-0.25, -0.2) is 4.39 Å². The Bertz CT molecular complexity index is 546. The van der Waals surface area contributed by atoms with E-state index in [1.165, 1.54) is 12.1 Å². The third-order valence-corrected chi connectivity index (χ3v) is 4.26. The molecule has 1 aromatic carbocycles. The van der Waals surface area contributed by atoms with E-state index >= 15 is 0 Å². The molecule has 0 aromatic heterocycles. The summed E-state index contributed by atoms with van der Waals surface area (Å²) in [5, 5.41) is 9.08. The molecule has 5 heteroatoms. The number of aryl methyl sites for hydroxylation is 1. The van der Waals surface area contributed by atoms with Crippen LogP contribution in [0.15, 0.2) is 24.3 Å². The average Bonchev–Trinajstić information content (AvgIpc) is 2.52. The highest BCUT2D eigenvalue weighted by Gasteiger charge is 2.29. The van der Waals surface area contributed by atoms with Crippen molar-refractivity contribution in [1.82, 2.24) is 4.90 Å². The van der Waals surface area contributed by atoms with Crippen LogP contribution >= 0.6 is 0 Å². The number of likely N-dealkylation sites (tertiary alicyclic amines) is 1. The molecule has 0 bridgehead atoms. The monoisotopic (exact) mass is 307 g/mol. The lowest BCUT2D eigenvalue weighted by molar-refractivity contribution is -0.146. The number of aliphatic carboxylic acids is 1. The molecule has 22 heavy (non-hydrogen) atoms. The van der Waals surface area contributed by atoms with Gasteiger partial charge in [-0.3, -0.25) is 9.59 Å². The molecule has 1 amide bonds. The lowest BCUT2D eigenvalue weighted by atomic mass is 9.95. The zero-order valence-corrected chi connectivity index (χ0v) is 12.8. The Kier molecular flexibility index (Phi) is 5.52. The second kappa shape index (κ2) is 7.38. The van der Waals surface area contributed by atoms with Crippen LogP contribution in [-0.4, -0.2) is 35.0 Å². The maximum absolute atomic E-state index is 13.1. The Balaban J connectivity index is 1.87. The maximum Gasteiger partial charge on any atom is 0.308 e. The fourth-order valence-electron chi connectivity index (χ4n) is 2.89. The van der Waals surface area contributed by atoms with Crippen molar-refractivity contribution in [1.29, 1.82) is 0 Å². The molecule has 2 atom stereocenters. The molecule has 1 heterocycles. The summed E-state index contributed by atoms with van der Waals surface area (Å²) in [6.45, 7) is 2.79. The first-order valence-electron chi connectivity index (χ1n) is 7.73. The number of nitrogens with zero attached hydrogens (tertiary/aromatic N) is 1. The van der Waals surface area contributed by atoms with Crippen LogP contribution < -0.4 is 0 Å². The van der Waals surface area contributed by atoms with E-state index in [-0.39, 0.29) is 17.6 Å². The van der Waals surface area contributed by atoms with Gasteiger partial charge < -0.3 is 10.0 Å².